The van der Waals surface area contributed by atoms with Crippen molar-refractivity contribution in [1.29, 1.82) is 0 Å². The topological polar surface area (TPSA) is 75.7 Å². The van der Waals surface area contributed by atoms with E-state index in [1.807, 2.05) is 0 Å². The van der Waals surface area contributed by atoms with Gasteiger partial charge in [0.15, 0.2) is 0 Å². The molecule has 84 valence electrons. The van der Waals surface area contributed by atoms with E-state index < -0.39 is 16.3 Å². The van der Waals surface area contributed by atoms with Crippen LogP contribution in [0.4, 0.5) is 4.79 Å². The molecule has 0 saturated carbocycles. The van der Waals surface area contributed by atoms with Crippen molar-refractivity contribution in [2.75, 3.05) is 26.1 Å². The van der Waals surface area contributed by atoms with Gasteiger partial charge in [0.25, 0.3) is 0 Å². The smallest absolute Gasteiger partial charge is 0.421 e. The van der Waals surface area contributed by atoms with Gasteiger partial charge in [-0.3, -0.25) is 0 Å². The molecule has 0 radical (unpaired) electrons. The summed E-state index contributed by atoms with van der Waals surface area (Å²) in [6.07, 6.45) is -1.02. The number of methoxy groups -OCH3 is 1. The molecule has 0 fully saturated rings. The second-order valence-corrected chi connectivity index (χ2v) is 4.33. The molecule has 8 heteroatoms. The Morgan fingerprint density at radius 3 is 2.50 bits per heavy atom. The number of carbonyl (C=O) groups excluding carboxylic acids is 1. The summed E-state index contributed by atoms with van der Waals surface area (Å²) in [5.74, 6) is 0.163. The van der Waals surface area contributed by atoms with Gasteiger partial charge in [-0.25, -0.2) is 9.52 Å². The van der Waals surface area contributed by atoms with Crippen LogP contribution in [0.3, 0.4) is 0 Å². The summed E-state index contributed by atoms with van der Waals surface area (Å²) in [5.41, 5.74) is 0. The van der Waals surface area contributed by atoms with Crippen molar-refractivity contribution in [3.8, 4) is 0 Å². The SMILES string of the molecule is CCN(CCCl)S(=O)(=O)NC(=O)OC. The quantitative estimate of drug-likeness (QED) is 0.699. The zero-order valence-electron chi connectivity index (χ0n) is 7.99. The first-order valence-electron chi connectivity index (χ1n) is 3.89. The molecular weight excluding hydrogens is 232 g/mol. The Labute approximate surface area is 88.3 Å². The van der Waals surface area contributed by atoms with Crippen LogP contribution in [0, 0.1) is 0 Å². The fourth-order valence-corrected chi connectivity index (χ4v) is 2.15. The number of hydrogen-bond donors (Lipinski definition) is 1. The van der Waals surface area contributed by atoms with Gasteiger partial charge in [0.1, 0.15) is 0 Å². The number of ether oxygens (including phenoxy) is 1. The largest absolute Gasteiger partial charge is 0.452 e. The van der Waals surface area contributed by atoms with Crippen LogP contribution in [0.1, 0.15) is 6.92 Å². The van der Waals surface area contributed by atoms with E-state index in [-0.39, 0.29) is 19.0 Å². The van der Waals surface area contributed by atoms with Crippen LogP contribution < -0.4 is 4.72 Å². The highest BCUT2D eigenvalue weighted by molar-refractivity contribution is 7.87. The number of alkyl halides is 1. The third kappa shape index (κ3) is 4.12. The molecule has 0 aliphatic rings. The highest BCUT2D eigenvalue weighted by Gasteiger charge is 2.22. The molecule has 0 rings (SSSR count). The van der Waals surface area contributed by atoms with Crippen molar-refractivity contribution < 1.29 is 17.9 Å². The summed E-state index contributed by atoms with van der Waals surface area (Å²) in [7, 11) is -2.74. The van der Waals surface area contributed by atoms with E-state index in [4.69, 9.17) is 11.6 Å². The predicted octanol–water partition coefficient (Wildman–Crippen LogP) is 0.148. The number of halogens is 1. The molecule has 1 N–H and O–H groups in total. The average Bonchev–Trinajstić information content (AvgIpc) is 2.12. The zero-order valence-corrected chi connectivity index (χ0v) is 9.56. The Hall–Kier alpha value is -0.530. The molecule has 0 bridgehead atoms. The number of nitrogens with one attached hydrogen (secondary N) is 1. The van der Waals surface area contributed by atoms with Crippen LogP contribution in [0.2, 0.25) is 0 Å². The lowest BCUT2D eigenvalue weighted by atomic mass is 10.7. The maximum absolute atomic E-state index is 11.4. The van der Waals surface area contributed by atoms with Crippen LogP contribution in [-0.2, 0) is 14.9 Å². The minimum atomic E-state index is -3.82. The Kier molecular flexibility index (Phi) is 5.82. The molecule has 0 aromatic rings. The van der Waals surface area contributed by atoms with Crippen LogP contribution in [-0.4, -0.2) is 44.9 Å². The fraction of sp³-hybridized carbons (Fsp3) is 0.833. The van der Waals surface area contributed by atoms with Gasteiger partial charge in [0, 0.05) is 19.0 Å². The van der Waals surface area contributed by atoms with Crippen molar-refractivity contribution in [2.24, 2.45) is 0 Å². The molecule has 1 amide bonds. The van der Waals surface area contributed by atoms with Gasteiger partial charge in [0.05, 0.1) is 7.11 Å². The molecular formula is C6H13ClN2O4S. The van der Waals surface area contributed by atoms with Gasteiger partial charge in [-0.1, -0.05) is 6.92 Å². The minimum Gasteiger partial charge on any atom is -0.452 e. The Balaban J connectivity index is 4.49. The first kappa shape index (κ1) is 13.5. The molecule has 0 unspecified atom stereocenters. The molecule has 0 aromatic carbocycles. The summed E-state index contributed by atoms with van der Waals surface area (Å²) in [4.78, 5) is 10.7. The zero-order chi connectivity index (χ0) is 11.2. The molecule has 0 saturated heterocycles. The lowest BCUT2D eigenvalue weighted by Crippen LogP contribution is -2.44. The summed E-state index contributed by atoms with van der Waals surface area (Å²) < 4.78 is 29.7. The van der Waals surface area contributed by atoms with E-state index in [2.05, 4.69) is 4.74 Å². The minimum absolute atomic E-state index is 0.143. The first-order valence-corrected chi connectivity index (χ1v) is 5.87. The second-order valence-electron chi connectivity index (χ2n) is 2.28. The van der Waals surface area contributed by atoms with Gasteiger partial charge in [-0.2, -0.15) is 12.7 Å². The number of rotatable bonds is 5. The van der Waals surface area contributed by atoms with E-state index in [1.165, 1.54) is 0 Å². The normalized spacial score (nSPS) is 11.4. The van der Waals surface area contributed by atoms with E-state index in [9.17, 15) is 13.2 Å². The monoisotopic (exact) mass is 244 g/mol. The van der Waals surface area contributed by atoms with Crippen LogP contribution in [0.25, 0.3) is 0 Å². The summed E-state index contributed by atoms with van der Waals surface area (Å²) in [5, 5.41) is 0. The summed E-state index contributed by atoms with van der Waals surface area (Å²) in [6, 6.07) is 0. The van der Waals surface area contributed by atoms with Crippen molar-refractivity contribution in [3.05, 3.63) is 0 Å². The van der Waals surface area contributed by atoms with Crippen molar-refractivity contribution in [1.82, 2.24) is 9.03 Å². The standard InChI is InChI=1S/C6H13ClN2O4S/c1-3-9(5-4-7)14(11,12)8-6(10)13-2/h3-5H2,1-2H3,(H,8,10). The number of amides is 1. The van der Waals surface area contributed by atoms with E-state index >= 15 is 0 Å². The fourth-order valence-electron chi connectivity index (χ4n) is 0.754. The van der Waals surface area contributed by atoms with Crippen LogP contribution in [0.5, 0.6) is 0 Å². The molecule has 0 aromatic heterocycles. The molecule has 6 nitrogen and oxygen atoms in total. The number of carbonyl (C=O) groups is 1. The van der Waals surface area contributed by atoms with E-state index in [1.54, 1.807) is 11.6 Å². The lowest BCUT2D eigenvalue weighted by Gasteiger charge is -2.18. The van der Waals surface area contributed by atoms with Crippen molar-refractivity contribution >= 4 is 27.9 Å². The Morgan fingerprint density at radius 1 is 1.57 bits per heavy atom. The van der Waals surface area contributed by atoms with Crippen LogP contribution >= 0.6 is 11.6 Å². The number of hydrogen-bond acceptors (Lipinski definition) is 4. The van der Waals surface area contributed by atoms with Crippen molar-refractivity contribution in [2.45, 2.75) is 6.92 Å². The molecule has 14 heavy (non-hydrogen) atoms. The number of nitrogens with zero attached hydrogens (tertiary/aromatic N) is 1. The predicted molar refractivity (Wildman–Crippen MR) is 52.4 cm³/mol. The highest BCUT2D eigenvalue weighted by atomic mass is 35.5. The molecule has 0 aliphatic carbocycles. The maximum atomic E-state index is 11.4. The van der Waals surface area contributed by atoms with Gasteiger partial charge in [-0.05, 0) is 0 Å². The van der Waals surface area contributed by atoms with Crippen LogP contribution in [0.15, 0.2) is 0 Å². The summed E-state index contributed by atoms with van der Waals surface area (Å²) in [6.45, 7) is 2.02. The lowest BCUT2D eigenvalue weighted by molar-refractivity contribution is 0.177. The van der Waals surface area contributed by atoms with Gasteiger partial charge >= 0.3 is 16.3 Å². The van der Waals surface area contributed by atoms with E-state index in [0.717, 1.165) is 11.4 Å². The third-order valence-corrected chi connectivity index (χ3v) is 3.14. The van der Waals surface area contributed by atoms with Gasteiger partial charge < -0.3 is 4.74 Å². The maximum Gasteiger partial charge on any atom is 0.421 e. The first-order chi connectivity index (χ1) is 6.47. The van der Waals surface area contributed by atoms with Gasteiger partial charge in [0.2, 0.25) is 0 Å². The molecule has 0 spiro atoms. The van der Waals surface area contributed by atoms with Gasteiger partial charge in [-0.15, -0.1) is 11.6 Å². The van der Waals surface area contributed by atoms with Crippen molar-refractivity contribution in [3.63, 3.8) is 0 Å². The Morgan fingerprint density at radius 2 is 2.14 bits per heavy atom. The second kappa shape index (κ2) is 6.05. The highest BCUT2D eigenvalue weighted by Crippen LogP contribution is 1.98. The molecule has 0 heterocycles. The third-order valence-electron chi connectivity index (χ3n) is 1.42. The summed E-state index contributed by atoms with van der Waals surface area (Å²) >= 11 is 5.40. The average molecular weight is 245 g/mol. The molecule has 0 aliphatic heterocycles. The van der Waals surface area contributed by atoms with E-state index in [0.29, 0.717) is 0 Å². The molecule has 0 atom stereocenters. The Bertz CT molecular complexity index is 280.